The molecule has 132 valence electrons. The summed E-state index contributed by atoms with van der Waals surface area (Å²) in [5.41, 5.74) is 5.17. The van der Waals surface area contributed by atoms with Gasteiger partial charge in [0.15, 0.2) is 6.10 Å². The summed E-state index contributed by atoms with van der Waals surface area (Å²) < 4.78 is 5.82. The van der Waals surface area contributed by atoms with Crippen LogP contribution in [0, 0.1) is 13.8 Å². The fraction of sp³-hybridized carbons (Fsp3) is 0.174. The topological polar surface area (TPSA) is 38.3 Å². The number of hydrogen-bond donors (Lipinski definition) is 1. The maximum Gasteiger partial charge on any atom is 0.265 e. The van der Waals surface area contributed by atoms with Crippen LogP contribution in [0.15, 0.2) is 72.8 Å². The van der Waals surface area contributed by atoms with Crippen molar-refractivity contribution in [1.29, 1.82) is 0 Å². The first-order valence-electron chi connectivity index (χ1n) is 8.74. The van der Waals surface area contributed by atoms with Crippen LogP contribution in [-0.2, 0) is 4.79 Å². The number of ether oxygens (including phenoxy) is 1. The Labute approximate surface area is 154 Å². The molecule has 1 amide bonds. The molecule has 3 heteroatoms. The van der Waals surface area contributed by atoms with Gasteiger partial charge in [-0.05, 0) is 55.7 Å². The normalized spacial score (nSPS) is 11.7. The molecule has 0 spiro atoms. The van der Waals surface area contributed by atoms with Crippen molar-refractivity contribution in [2.24, 2.45) is 0 Å². The highest BCUT2D eigenvalue weighted by molar-refractivity contribution is 5.98. The summed E-state index contributed by atoms with van der Waals surface area (Å²) in [7, 11) is 0. The largest absolute Gasteiger partial charge is 0.481 e. The minimum absolute atomic E-state index is 0.174. The molecule has 1 atom stereocenters. The third-order valence-electron chi connectivity index (χ3n) is 4.43. The van der Waals surface area contributed by atoms with E-state index in [1.807, 2.05) is 79.7 Å². The number of anilines is 1. The molecular weight excluding hydrogens is 322 g/mol. The number of benzene rings is 3. The van der Waals surface area contributed by atoms with Crippen LogP contribution in [0.25, 0.3) is 11.1 Å². The van der Waals surface area contributed by atoms with Crippen LogP contribution in [0.4, 0.5) is 5.69 Å². The van der Waals surface area contributed by atoms with Gasteiger partial charge in [0.25, 0.3) is 5.91 Å². The second kappa shape index (κ2) is 7.87. The number of carbonyl (C=O) groups is 1. The smallest absolute Gasteiger partial charge is 0.265 e. The molecule has 3 aromatic rings. The van der Waals surface area contributed by atoms with E-state index in [1.165, 1.54) is 5.56 Å². The minimum atomic E-state index is -0.596. The first-order valence-corrected chi connectivity index (χ1v) is 8.74. The lowest BCUT2D eigenvalue weighted by molar-refractivity contribution is -0.122. The number of nitrogens with one attached hydrogen (secondary N) is 1. The van der Waals surface area contributed by atoms with Gasteiger partial charge in [0.1, 0.15) is 5.75 Å². The van der Waals surface area contributed by atoms with Gasteiger partial charge in [0, 0.05) is 11.3 Å². The van der Waals surface area contributed by atoms with E-state index in [9.17, 15) is 4.79 Å². The van der Waals surface area contributed by atoms with Crippen molar-refractivity contribution >= 4 is 11.6 Å². The Morgan fingerprint density at radius 1 is 0.885 bits per heavy atom. The molecule has 0 aliphatic carbocycles. The molecule has 0 aromatic heterocycles. The third-order valence-corrected chi connectivity index (χ3v) is 4.43. The van der Waals surface area contributed by atoms with Crippen molar-refractivity contribution in [1.82, 2.24) is 0 Å². The van der Waals surface area contributed by atoms with Gasteiger partial charge in [-0.25, -0.2) is 0 Å². The molecule has 3 nitrogen and oxygen atoms in total. The molecule has 3 rings (SSSR count). The molecule has 0 unspecified atom stereocenters. The van der Waals surface area contributed by atoms with Crippen LogP contribution in [-0.4, -0.2) is 12.0 Å². The summed E-state index contributed by atoms with van der Waals surface area (Å²) in [5.74, 6) is 0.527. The van der Waals surface area contributed by atoms with E-state index in [1.54, 1.807) is 6.92 Å². The standard InChI is InChI=1S/C23H23NO2/c1-16-13-14-20(15-17(16)2)26-18(3)23(25)24-22-12-8-7-11-21(22)19-9-5-4-6-10-19/h4-15,18H,1-3H3,(H,24,25)/t18-/m1/s1. The first kappa shape index (κ1) is 17.7. The monoisotopic (exact) mass is 345 g/mol. The van der Waals surface area contributed by atoms with Crippen molar-refractivity contribution in [3.63, 3.8) is 0 Å². The van der Waals surface area contributed by atoms with E-state index >= 15 is 0 Å². The van der Waals surface area contributed by atoms with Gasteiger partial charge in [-0.2, -0.15) is 0 Å². The van der Waals surface area contributed by atoms with Crippen LogP contribution in [0.1, 0.15) is 18.1 Å². The van der Waals surface area contributed by atoms with E-state index in [0.717, 1.165) is 22.4 Å². The lowest BCUT2D eigenvalue weighted by Gasteiger charge is -2.17. The fourth-order valence-corrected chi connectivity index (χ4v) is 2.74. The highest BCUT2D eigenvalue weighted by Gasteiger charge is 2.17. The average Bonchev–Trinajstić information content (AvgIpc) is 2.66. The molecule has 3 aromatic carbocycles. The summed E-state index contributed by atoms with van der Waals surface area (Å²) in [6.45, 7) is 5.84. The van der Waals surface area contributed by atoms with Crippen LogP contribution in [0.2, 0.25) is 0 Å². The zero-order valence-electron chi connectivity index (χ0n) is 15.3. The number of para-hydroxylation sites is 1. The Bertz CT molecular complexity index is 903. The molecule has 0 aliphatic rings. The van der Waals surface area contributed by atoms with Gasteiger partial charge >= 0.3 is 0 Å². The number of amides is 1. The molecule has 0 fully saturated rings. The van der Waals surface area contributed by atoms with Gasteiger partial charge < -0.3 is 10.1 Å². The van der Waals surface area contributed by atoms with Crippen LogP contribution in [0.5, 0.6) is 5.75 Å². The van der Waals surface area contributed by atoms with Gasteiger partial charge in [-0.1, -0.05) is 54.6 Å². The minimum Gasteiger partial charge on any atom is -0.481 e. The first-order chi connectivity index (χ1) is 12.5. The second-order valence-corrected chi connectivity index (χ2v) is 6.41. The van der Waals surface area contributed by atoms with Gasteiger partial charge in [0.2, 0.25) is 0 Å². The second-order valence-electron chi connectivity index (χ2n) is 6.41. The molecule has 0 aliphatic heterocycles. The Morgan fingerprint density at radius 2 is 1.58 bits per heavy atom. The molecule has 0 heterocycles. The van der Waals surface area contributed by atoms with Crippen molar-refractivity contribution in [3.8, 4) is 16.9 Å². The lowest BCUT2D eigenvalue weighted by atomic mass is 10.0. The van der Waals surface area contributed by atoms with Crippen molar-refractivity contribution in [2.75, 3.05) is 5.32 Å². The molecule has 1 N–H and O–H groups in total. The Balaban J connectivity index is 1.74. The zero-order valence-corrected chi connectivity index (χ0v) is 15.3. The van der Waals surface area contributed by atoms with Crippen LogP contribution < -0.4 is 10.1 Å². The van der Waals surface area contributed by atoms with E-state index in [2.05, 4.69) is 12.2 Å². The SMILES string of the molecule is Cc1ccc(O[C@H](C)C(=O)Nc2ccccc2-c2ccccc2)cc1C. The number of rotatable bonds is 5. The summed E-state index contributed by atoms with van der Waals surface area (Å²) in [6, 6.07) is 23.6. The average molecular weight is 345 g/mol. The Kier molecular flexibility index (Phi) is 5.37. The molecular formula is C23H23NO2. The summed E-state index contributed by atoms with van der Waals surface area (Å²) in [6.07, 6.45) is -0.596. The number of carbonyl (C=O) groups excluding carboxylic acids is 1. The predicted molar refractivity (Wildman–Crippen MR) is 107 cm³/mol. The van der Waals surface area contributed by atoms with Gasteiger partial charge in [-0.3, -0.25) is 4.79 Å². The predicted octanol–water partition coefficient (Wildman–Crippen LogP) is 5.38. The van der Waals surface area contributed by atoms with Crippen molar-refractivity contribution in [3.05, 3.63) is 83.9 Å². The van der Waals surface area contributed by atoms with E-state index in [-0.39, 0.29) is 5.91 Å². The quantitative estimate of drug-likeness (QED) is 0.674. The highest BCUT2D eigenvalue weighted by Crippen LogP contribution is 2.28. The fourth-order valence-electron chi connectivity index (χ4n) is 2.74. The van der Waals surface area contributed by atoms with Crippen LogP contribution >= 0.6 is 0 Å². The summed E-state index contributed by atoms with van der Waals surface area (Å²) in [5, 5.41) is 2.99. The molecule has 26 heavy (non-hydrogen) atoms. The molecule has 0 saturated heterocycles. The van der Waals surface area contributed by atoms with Crippen molar-refractivity contribution < 1.29 is 9.53 Å². The van der Waals surface area contributed by atoms with Gasteiger partial charge in [0.05, 0.1) is 0 Å². The van der Waals surface area contributed by atoms with Crippen LogP contribution in [0.3, 0.4) is 0 Å². The Hall–Kier alpha value is -3.07. The maximum atomic E-state index is 12.6. The molecule has 0 saturated carbocycles. The zero-order chi connectivity index (χ0) is 18.5. The van der Waals surface area contributed by atoms with E-state index < -0.39 is 6.10 Å². The van der Waals surface area contributed by atoms with Crippen molar-refractivity contribution in [2.45, 2.75) is 26.9 Å². The number of aryl methyl sites for hydroxylation is 2. The summed E-state index contributed by atoms with van der Waals surface area (Å²) >= 11 is 0. The maximum absolute atomic E-state index is 12.6. The third kappa shape index (κ3) is 4.12. The van der Waals surface area contributed by atoms with E-state index in [4.69, 9.17) is 4.74 Å². The molecule has 0 radical (unpaired) electrons. The Morgan fingerprint density at radius 3 is 2.31 bits per heavy atom. The molecule has 0 bridgehead atoms. The highest BCUT2D eigenvalue weighted by atomic mass is 16.5. The van der Waals surface area contributed by atoms with Gasteiger partial charge in [-0.15, -0.1) is 0 Å². The number of hydrogen-bond acceptors (Lipinski definition) is 2. The van der Waals surface area contributed by atoms with E-state index in [0.29, 0.717) is 5.75 Å². The lowest BCUT2D eigenvalue weighted by Crippen LogP contribution is -2.30. The summed E-state index contributed by atoms with van der Waals surface area (Å²) in [4.78, 5) is 12.6.